The number of benzene rings is 1. The molecule has 18 heavy (non-hydrogen) atoms. The van der Waals surface area contributed by atoms with Gasteiger partial charge < -0.3 is 5.73 Å². The molecule has 3 heteroatoms. The van der Waals surface area contributed by atoms with E-state index in [4.69, 9.17) is 5.73 Å². The molecule has 2 fully saturated rings. The zero-order valence-electron chi connectivity index (χ0n) is 10.5. The van der Waals surface area contributed by atoms with Crippen molar-refractivity contribution in [2.24, 2.45) is 23.0 Å². The van der Waals surface area contributed by atoms with E-state index in [-0.39, 0.29) is 11.2 Å². The van der Waals surface area contributed by atoms with Crippen LogP contribution in [0.3, 0.4) is 0 Å². The average Bonchev–Trinajstić information content (AvgIpc) is 2.94. The number of nitrogens with two attached hydrogens (primary N) is 1. The summed E-state index contributed by atoms with van der Waals surface area (Å²) in [6.07, 6.45) is 6.18. The second-order valence-corrected chi connectivity index (χ2v) is 6.91. The van der Waals surface area contributed by atoms with Crippen LogP contribution in [0.15, 0.2) is 22.7 Å². The Morgan fingerprint density at radius 2 is 2.22 bits per heavy atom. The Morgan fingerprint density at radius 3 is 2.83 bits per heavy atom. The Hall–Kier alpha value is -0.410. The average molecular weight is 312 g/mol. The molecule has 2 saturated carbocycles. The van der Waals surface area contributed by atoms with Crippen molar-refractivity contribution in [3.63, 3.8) is 0 Å². The molecule has 0 heterocycles. The largest absolute Gasteiger partial charge is 0.330 e. The van der Waals surface area contributed by atoms with E-state index in [0.717, 1.165) is 34.8 Å². The maximum absolute atomic E-state index is 13.4. The van der Waals surface area contributed by atoms with Gasteiger partial charge in [-0.05, 0) is 73.2 Å². The zero-order valence-corrected chi connectivity index (χ0v) is 12.0. The predicted molar refractivity (Wildman–Crippen MR) is 74.7 cm³/mol. The zero-order chi connectivity index (χ0) is 12.8. The first-order valence-corrected chi connectivity index (χ1v) is 7.56. The fourth-order valence-electron chi connectivity index (χ4n) is 4.15. The van der Waals surface area contributed by atoms with Crippen molar-refractivity contribution < 1.29 is 4.39 Å². The molecule has 98 valence electrons. The summed E-state index contributed by atoms with van der Waals surface area (Å²) < 4.78 is 14.4. The standard InChI is InChI=1S/C15H19BrFN/c16-14-4-3-13(17)6-11(14)8-15(9-18)7-10-1-2-12(15)5-10/h3-4,6,10,12H,1-2,5,7-9,18H2. The molecule has 0 aromatic heterocycles. The third kappa shape index (κ3) is 2.01. The lowest BCUT2D eigenvalue weighted by atomic mass is 9.69. The van der Waals surface area contributed by atoms with Crippen LogP contribution < -0.4 is 5.73 Å². The molecule has 3 atom stereocenters. The molecule has 2 aliphatic carbocycles. The smallest absolute Gasteiger partial charge is 0.123 e. The molecule has 0 amide bonds. The molecule has 0 spiro atoms. The van der Waals surface area contributed by atoms with Crippen LogP contribution in [0.2, 0.25) is 0 Å². The van der Waals surface area contributed by atoms with Gasteiger partial charge in [0.15, 0.2) is 0 Å². The maximum Gasteiger partial charge on any atom is 0.123 e. The second kappa shape index (κ2) is 4.61. The van der Waals surface area contributed by atoms with E-state index >= 15 is 0 Å². The third-order valence-corrected chi connectivity index (χ3v) is 5.83. The van der Waals surface area contributed by atoms with E-state index in [1.165, 1.54) is 31.7 Å². The fourth-order valence-corrected chi connectivity index (χ4v) is 4.54. The van der Waals surface area contributed by atoms with Crippen LogP contribution in [0, 0.1) is 23.1 Å². The summed E-state index contributed by atoms with van der Waals surface area (Å²) in [6, 6.07) is 4.97. The molecule has 0 saturated heterocycles. The van der Waals surface area contributed by atoms with Crippen LogP contribution in [0.1, 0.15) is 31.2 Å². The minimum atomic E-state index is -0.150. The molecule has 2 aliphatic rings. The van der Waals surface area contributed by atoms with Gasteiger partial charge in [-0.2, -0.15) is 0 Å². The summed E-state index contributed by atoms with van der Waals surface area (Å²) >= 11 is 3.54. The van der Waals surface area contributed by atoms with Gasteiger partial charge in [0.25, 0.3) is 0 Å². The van der Waals surface area contributed by atoms with E-state index in [1.807, 2.05) is 6.07 Å². The number of rotatable bonds is 3. The maximum atomic E-state index is 13.4. The van der Waals surface area contributed by atoms with Gasteiger partial charge in [0.05, 0.1) is 0 Å². The van der Waals surface area contributed by atoms with Gasteiger partial charge in [0, 0.05) is 4.47 Å². The Kier molecular flexibility index (Phi) is 3.23. The van der Waals surface area contributed by atoms with E-state index in [0.29, 0.717) is 0 Å². The normalized spacial score (nSPS) is 34.2. The highest BCUT2D eigenvalue weighted by Crippen LogP contribution is 2.57. The molecule has 1 aromatic rings. The monoisotopic (exact) mass is 311 g/mol. The minimum absolute atomic E-state index is 0.150. The van der Waals surface area contributed by atoms with Crippen LogP contribution in [0.5, 0.6) is 0 Å². The Labute approximate surface area is 116 Å². The van der Waals surface area contributed by atoms with Crippen molar-refractivity contribution in [1.29, 1.82) is 0 Å². The molecule has 2 bridgehead atoms. The van der Waals surface area contributed by atoms with Crippen molar-refractivity contribution >= 4 is 15.9 Å². The number of hydrogen-bond donors (Lipinski definition) is 1. The summed E-state index contributed by atoms with van der Waals surface area (Å²) in [5.41, 5.74) is 7.38. The molecular weight excluding hydrogens is 293 g/mol. The van der Waals surface area contributed by atoms with E-state index in [1.54, 1.807) is 6.07 Å². The van der Waals surface area contributed by atoms with Crippen molar-refractivity contribution in [2.75, 3.05) is 6.54 Å². The first kappa shape index (κ1) is 12.6. The quantitative estimate of drug-likeness (QED) is 0.900. The van der Waals surface area contributed by atoms with E-state index < -0.39 is 0 Å². The lowest BCUT2D eigenvalue weighted by Crippen LogP contribution is -2.38. The number of fused-ring (bicyclic) bond motifs is 2. The van der Waals surface area contributed by atoms with Gasteiger partial charge in [-0.25, -0.2) is 4.39 Å². The van der Waals surface area contributed by atoms with Crippen molar-refractivity contribution in [2.45, 2.75) is 32.1 Å². The molecule has 1 aromatic carbocycles. The van der Waals surface area contributed by atoms with Crippen molar-refractivity contribution in [1.82, 2.24) is 0 Å². The van der Waals surface area contributed by atoms with Crippen LogP contribution in [-0.4, -0.2) is 6.54 Å². The molecule has 2 N–H and O–H groups in total. The summed E-state index contributed by atoms with van der Waals surface area (Å²) in [7, 11) is 0. The highest BCUT2D eigenvalue weighted by atomic mass is 79.9. The third-order valence-electron chi connectivity index (χ3n) is 5.06. The lowest BCUT2D eigenvalue weighted by Gasteiger charge is -2.37. The lowest BCUT2D eigenvalue weighted by molar-refractivity contribution is 0.171. The molecule has 0 radical (unpaired) electrons. The SMILES string of the molecule is NCC1(Cc2cc(F)ccc2Br)CC2CCC1C2. The van der Waals surface area contributed by atoms with Gasteiger partial charge in [-0.15, -0.1) is 0 Å². The highest BCUT2D eigenvalue weighted by molar-refractivity contribution is 9.10. The Morgan fingerprint density at radius 1 is 1.39 bits per heavy atom. The van der Waals surface area contributed by atoms with Gasteiger partial charge in [-0.3, -0.25) is 0 Å². The van der Waals surface area contributed by atoms with E-state index in [2.05, 4.69) is 15.9 Å². The molecule has 0 aliphatic heterocycles. The van der Waals surface area contributed by atoms with Crippen LogP contribution in [0.25, 0.3) is 0 Å². The molecule has 3 unspecified atom stereocenters. The van der Waals surface area contributed by atoms with Crippen LogP contribution in [-0.2, 0) is 6.42 Å². The van der Waals surface area contributed by atoms with Crippen LogP contribution >= 0.6 is 15.9 Å². The second-order valence-electron chi connectivity index (χ2n) is 6.06. The highest BCUT2D eigenvalue weighted by Gasteiger charge is 2.49. The van der Waals surface area contributed by atoms with Crippen molar-refractivity contribution in [3.8, 4) is 0 Å². The van der Waals surface area contributed by atoms with Gasteiger partial charge in [0.2, 0.25) is 0 Å². The molecule has 1 nitrogen and oxygen atoms in total. The first-order valence-electron chi connectivity index (χ1n) is 6.77. The summed E-state index contributed by atoms with van der Waals surface area (Å²) in [6.45, 7) is 0.733. The molecular formula is C15H19BrFN. The van der Waals surface area contributed by atoms with Gasteiger partial charge in [0.1, 0.15) is 5.82 Å². The number of halogens is 2. The first-order chi connectivity index (χ1) is 8.63. The fraction of sp³-hybridized carbons (Fsp3) is 0.600. The minimum Gasteiger partial charge on any atom is -0.330 e. The topological polar surface area (TPSA) is 26.0 Å². The predicted octanol–water partition coefficient (Wildman–Crippen LogP) is 3.90. The van der Waals surface area contributed by atoms with E-state index in [9.17, 15) is 4.39 Å². The van der Waals surface area contributed by atoms with Gasteiger partial charge in [-0.1, -0.05) is 22.4 Å². The molecule has 3 rings (SSSR count). The number of hydrogen-bond acceptors (Lipinski definition) is 1. The van der Waals surface area contributed by atoms with Crippen molar-refractivity contribution in [3.05, 3.63) is 34.1 Å². The van der Waals surface area contributed by atoms with Crippen LogP contribution in [0.4, 0.5) is 4.39 Å². The Bertz CT molecular complexity index is 462. The van der Waals surface area contributed by atoms with Gasteiger partial charge >= 0.3 is 0 Å². The summed E-state index contributed by atoms with van der Waals surface area (Å²) in [4.78, 5) is 0. The summed E-state index contributed by atoms with van der Waals surface area (Å²) in [5, 5.41) is 0. The summed E-state index contributed by atoms with van der Waals surface area (Å²) in [5.74, 6) is 1.47. The Balaban J connectivity index is 1.88.